The Balaban J connectivity index is 1.99. The monoisotopic (exact) mass is 297 g/mol. The van der Waals surface area contributed by atoms with Crippen LogP contribution < -0.4 is 0 Å². The molecule has 3 heteroatoms. The van der Waals surface area contributed by atoms with Gasteiger partial charge >= 0.3 is 0 Å². The first-order valence-corrected chi connectivity index (χ1v) is 7.10. The highest BCUT2D eigenvalue weighted by Gasteiger charge is 2.31. The van der Waals surface area contributed by atoms with Crippen LogP contribution in [0.1, 0.15) is 25.3 Å². The van der Waals surface area contributed by atoms with Gasteiger partial charge in [0.25, 0.3) is 0 Å². The van der Waals surface area contributed by atoms with Crippen molar-refractivity contribution in [2.75, 3.05) is 19.6 Å². The average molecular weight is 298 g/mol. The van der Waals surface area contributed by atoms with Crippen molar-refractivity contribution in [2.45, 2.75) is 31.8 Å². The SMILES string of the molecule is CCN1CCC(O)(Cc2cccc(Br)c2)CC1. The summed E-state index contributed by atoms with van der Waals surface area (Å²) >= 11 is 3.48. The summed E-state index contributed by atoms with van der Waals surface area (Å²) in [5, 5.41) is 10.6. The highest BCUT2D eigenvalue weighted by molar-refractivity contribution is 9.10. The number of likely N-dealkylation sites (tertiary alicyclic amines) is 1. The molecule has 1 aliphatic rings. The zero-order valence-electron chi connectivity index (χ0n) is 10.3. The molecule has 0 unspecified atom stereocenters. The maximum absolute atomic E-state index is 10.6. The summed E-state index contributed by atoms with van der Waals surface area (Å²) in [6.07, 6.45) is 2.53. The summed E-state index contributed by atoms with van der Waals surface area (Å²) in [4.78, 5) is 2.40. The molecule has 2 nitrogen and oxygen atoms in total. The first-order valence-electron chi connectivity index (χ1n) is 6.30. The summed E-state index contributed by atoms with van der Waals surface area (Å²) in [7, 11) is 0. The molecule has 1 saturated heterocycles. The van der Waals surface area contributed by atoms with E-state index in [0.717, 1.165) is 43.4 Å². The molecule has 94 valence electrons. The quantitative estimate of drug-likeness (QED) is 0.927. The Morgan fingerprint density at radius 2 is 2.06 bits per heavy atom. The number of aliphatic hydroxyl groups is 1. The highest BCUT2D eigenvalue weighted by atomic mass is 79.9. The van der Waals surface area contributed by atoms with E-state index in [1.807, 2.05) is 12.1 Å². The fourth-order valence-electron chi connectivity index (χ4n) is 2.49. The molecule has 1 aromatic rings. The Hall–Kier alpha value is -0.380. The maximum Gasteiger partial charge on any atom is 0.0712 e. The molecule has 1 N–H and O–H groups in total. The maximum atomic E-state index is 10.6. The lowest BCUT2D eigenvalue weighted by atomic mass is 9.85. The van der Waals surface area contributed by atoms with Crippen LogP contribution >= 0.6 is 15.9 Å². The second kappa shape index (κ2) is 5.51. The van der Waals surface area contributed by atoms with Crippen molar-refractivity contribution in [3.05, 3.63) is 34.3 Å². The van der Waals surface area contributed by atoms with Gasteiger partial charge in [0, 0.05) is 24.0 Å². The van der Waals surface area contributed by atoms with E-state index in [0.29, 0.717) is 0 Å². The van der Waals surface area contributed by atoms with Crippen molar-refractivity contribution in [3.63, 3.8) is 0 Å². The molecule has 0 radical (unpaired) electrons. The number of rotatable bonds is 3. The fraction of sp³-hybridized carbons (Fsp3) is 0.571. The van der Waals surface area contributed by atoms with E-state index in [2.05, 4.69) is 39.9 Å². The van der Waals surface area contributed by atoms with Gasteiger partial charge in [0.2, 0.25) is 0 Å². The van der Waals surface area contributed by atoms with Crippen LogP contribution in [0.15, 0.2) is 28.7 Å². The molecule has 0 amide bonds. The molecule has 1 aliphatic heterocycles. The van der Waals surface area contributed by atoms with Gasteiger partial charge in [-0.15, -0.1) is 0 Å². The van der Waals surface area contributed by atoms with Crippen molar-refractivity contribution >= 4 is 15.9 Å². The number of piperidine rings is 1. The smallest absolute Gasteiger partial charge is 0.0712 e. The van der Waals surface area contributed by atoms with Crippen LogP contribution in [0.25, 0.3) is 0 Å². The zero-order chi connectivity index (χ0) is 12.3. The summed E-state index contributed by atoms with van der Waals surface area (Å²) in [6.45, 7) is 5.30. The molecule has 17 heavy (non-hydrogen) atoms. The molecule has 1 fully saturated rings. The number of benzene rings is 1. The minimum absolute atomic E-state index is 0.507. The molecule has 0 aromatic heterocycles. The van der Waals surface area contributed by atoms with E-state index < -0.39 is 5.60 Å². The number of nitrogens with zero attached hydrogens (tertiary/aromatic N) is 1. The first kappa shape index (κ1) is 13.1. The zero-order valence-corrected chi connectivity index (χ0v) is 11.9. The van der Waals surface area contributed by atoms with Crippen LogP contribution in [-0.2, 0) is 6.42 Å². The molecule has 1 aromatic carbocycles. The van der Waals surface area contributed by atoms with Gasteiger partial charge in [0.15, 0.2) is 0 Å². The molecule has 0 bridgehead atoms. The largest absolute Gasteiger partial charge is 0.389 e. The summed E-state index contributed by atoms with van der Waals surface area (Å²) in [6, 6.07) is 8.25. The molecule has 2 rings (SSSR count). The van der Waals surface area contributed by atoms with Gasteiger partial charge in [0.1, 0.15) is 0 Å². The lowest BCUT2D eigenvalue weighted by Gasteiger charge is -2.38. The highest BCUT2D eigenvalue weighted by Crippen LogP contribution is 2.27. The Labute approximate surface area is 112 Å². The molecular formula is C14H20BrNO. The van der Waals surface area contributed by atoms with Crippen LogP contribution in [0.3, 0.4) is 0 Å². The van der Waals surface area contributed by atoms with Crippen molar-refractivity contribution < 1.29 is 5.11 Å². The molecular weight excluding hydrogens is 278 g/mol. The number of hydrogen-bond acceptors (Lipinski definition) is 2. The van der Waals surface area contributed by atoms with Crippen molar-refractivity contribution in [2.24, 2.45) is 0 Å². The molecule has 0 saturated carbocycles. The number of hydrogen-bond donors (Lipinski definition) is 1. The van der Waals surface area contributed by atoms with Crippen molar-refractivity contribution in [3.8, 4) is 0 Å². The van der Waals surface area contributed by atoms with E-state index >= 15 is 0 Å². The van der Waals surface area contributed by atoms with Gasteiger partial charge in [-0.2, -0.15) is 0 Å². The van der Waals surface area contributed by atoms with Gasteiger partial charge in [-0.3, -0.25) is 0 Å². The van der Waals surface area contributed by atoms with Crippen LogP contribution in [0, 0.1) is 0 Å². The summed E-state index contributed by atoms with van der Waals surface area (Å²) in [5.41, 5.74) is 0.707. The van der Waals surface area contributed by atoms with Crippen LogP contribution in [0.5, 0.6) is 0 Å². The Kier molecular flexibility index (Phi) is 4.23. The fourth-order valence-corrected chi connectivity index (χ4v) is 2.94. The van der Waals surface area contributed by atoms with Gasteiger partial charge in [-0.25, -0.2) is 0 Å². The Morgan fingerprint density at radius 1 is 1.35 bits per heavy atom. The first-order chi connectivity index (χ1) is 8.11. The molecule has 0 atom stereocenters. The van der Waals surface area contributed by atoms with Gasteiger partial charge in [0.05, 0.1) is 5.60 Å². The minimum atomic E-state index is -0.507. The molecule has 0 spiro atoms. The third kappa shape index (κ3) is 3.54. The lowest BCUT2D eigenvalue weighted by Crippen LogP contribution is -2.45. The predicted octanol–water partition coefficient (Wildman–Crippen LogP) is 2.84. The van der Waals surface area contributed by atoms with Gasteiger partial charge in [-0.1, -0.05) is 35.0 Å². The second-order valence-corrected chi connectivity index (χ2v) is 5.88. The summed E-state index contributed by atoms with van der Waals surface area (Å²) < 4.78 is 1.09. The van der Waals surface area contributed by atoms with Crippen LogP contribution in [0.2, 0.25) is 0 Å². The molecule has 0 aliphatic carbocycles. The minimum Gasteiger partial charge on any atom is -0.389 e. The lowest BCUT2D eigenvalue weighted by molar-refractivity contribution is -0.0194. The van der Waals surface area contributed by atoms with Crippen molar-refractivity contribution in [1.82, 2.24) is 4.90 Å². The van der Waals surface area contributed by atoms with Crippen molar-refractivity contribution in [1.29, 1.82) is 0 Å². The van der Waals surface area contributed by atoms with Crippen LogP contribution in [0.4, 0.5) is 0 Å². The second-order valence-electron chi connectivity index (χ2n) is 4.97. The van der Waals surface area contributed by atoms with E-state index in [-0.39, 0.29) is 0 Å². The number of halogens is 1. The third-order valence-electron chi connectivity index (χ3n) is 3.66. The molecule has 1 heterocycles. The van der Waals surface area contributed by atoms with E-state index in [4.69, 9.17) is 0 Å². The third-order valence-corrected chi connectivity index (χ3v) is 4.15. The van der Waals surface area contributed by atoms with E-state index in [9.17, 15) is 5.11 Å². The Bertz CT molecular complexity index is 372. The standard InChI is InChI=1S/C14H20BrNO/c1-2-16-8-6-14(17,7-9-16)11-12-4-3-5-13(15)10-12/h3-5,10,17H,2,6-9,11H2,1H3. The van der Waals surface area contributed by atoms with Gasteiger partial charge < -0.3 is 10.0 Å². The Morgan fingerprint density at radius 3 is 2.65 bits per heavy atom. The normalized spacial score (nSPS) is 20.4. The topological polar surface area (TPSA) is 23.5 Å². The van der Waals surface area contributed by atoms with Crippen LogP contribution in [-0.4, -0.2) is 35.2 Å². The van der Waals surface area contributed by atoms with E-state index in [1.54, 1.807) is 0 Å². The van der Waals surface area contributed by atoms with Gasteiger partial charge in [-0.05, 0) is 37.1 Å². The summed E-state index contributed by atoms with van der Waals surface area (Å²) in [5.74, 6) is 0. The average Bonchev–Trinajstić information content (AvgIpc) is 2.29. The van der Waals surface area contributed by atoms with E-state index in [1.165, 1.54) is 5.56 Å². The predicted molar refractivity (Wildman–Crippen MR) is 74.1 cm³/mol.